The predicted octanol–water partition coefficient (Wildman–Crippen LogP) is 4.68. The standard InChI is InChI=1S/C18H24O3/c1-2-3-4-5-6-7-8-9-10-14-11-12-15-16(13-14)18(20)21-17(15)19/h11-13H,2-10H2,1H3. The fraction of sp³-hybridized carbons (Fsp3) is 0.556. The monoisotopic (exact) mass is 288 g/mol. The summed E-state index contributed by atoms with van der Waals surface area (Å²) in [6.45, 7) is 2.24. The van der Waals surface area contributed by atoms with Crippen LogP contribution in [0.1, 0.15) is 84.6 Å². The summed E-state index contributed by atoms with van der Waals surface area (Å²) >= 11 is 0. The second kappa shape index (κ2) is 7.96. The summed E-state index contributed by atoms with van der Waals surface area (Å²) in [7, 11) is 0. The molecule has 0 bridgehead atoms. The van der Waals surface area contributed by atoms with Gasteiger partial charge in [-0.3, -0.25) is 0 Å². The van der Waals surface area contributed by atoms with E-state index >= 15 is 0 Å². The summed E-state index contributed by atoms with van der Waals surface area (Å²) in [5.74, 6) is -1.03. The van der Waals surface area contributed by atoms with E-state index in [0.29, 0.717) is 11.1 Å². The molecule has 0 unspecified atom stereocenters. The van der Waals surface area contributed by atoms with Gasteiger partial charge in [-0.25, -0.2) is 9.59 Å². The van der Waals surface area contributed by atoms with Crippen LogP contribution in [0.5, 0.6) is 0 Å². The molecule has 0 radical (unpaired) electrons. The van der Waals surface area contributed by atoms with Gasteiger partial charge in [-0.15, -0.1) is 0 Å². The molecule has 1 aromatic carbocycles. The van der Waals surface area contributed by atoms with Gasteiger partial charge in [0.05, 0.1) is 11.1 Å². The smallest absolute Gasteiger partial charge is 0.346 e. The lowest BCUT2D eigenvalue weighted by atomic mass is 10.0. The maximum atomic E-state index is 11.5. The van der Waals surface area contributed by atoms with Gasteiger partial charge in [-0.05, 0) is 30.5 Å². The van der Waals surface area contributed by atoms with Gasteiger partial charge >= 0.3 is 11.9 Å². The molecule has 3 nitrogen and oxygen atoms in total. The average Bonchev–Trinajstić information content (AvgIpc) is 2.76. The molecular weight excluding hydrogens is 264 g/mol. The third-order valence-electron chi connectivity index (χ3n) is 4.03. The van der Waals surface area contributed by atoms with E-state index in [9.17, 15) is 9.59 Å². The first kappa shape index (κ1) is 15.7. The minimum Gasteiger partial charge on any atom is -0.386 e. The number of rotatable bonds is 9. The first-order chi connectivity index (χ1) is 10.2. The molecule has 0 spiro atoms. The number of carbonyl (C=O) groups excluding carboxylic acids is 2. The van der Waals surface area contributed by atoms with Crippen LogP contribution in [0.3, 0.4) is 0 Å². The number of esters is 2. The Morgan fingerprint density at radius 1 is 0.810 bits per heavy atom. The molecule has 0 N–H and O–H groups in total. The molecular formula is C18H24O3. The Kier molecular flexibility index (Phi) is 5.97. The molecule has 2 rings (SSSR count). The van der Waals surface area contributed by atoms with Gasteiger partial charge in [0.2, 0.25) is 0 Å². The first-order valence-corrected chi connectivity index (χ1v) is 8.12. The van der Waals surface area contributed by atoms with Gasteiger partial charge in [0.15, 0.2) is 0 Å². The van der Waals surface area contributed by atoms with E-state index < -0.39 is 11.9 Å². The average molecular weight is 288 g/mol. The second-order valence-electron chi connectivity index (χ2n) is 5.78. The van der Waals surface area contributed by atoms with Crippen molar-refractivity contribution in [2.24, 2.45) is 0 Å². The highest BCUT2D eigenvalue weighted by molar-refractivity contribution is 6.14. The van der Waals surface area contributed by atoms with E-state index in [4.69, 9.17) is 0 Å². The molecule has 1 aliphatic rings. The van der Waals surface area contributed by atoms with Crippen molar-refractivity contribution >= 4 is 11.9 Å². The van der Waals surface area contributed by atoms with Gasteiger partial charge in [0.1, 0.15) is 0 Å². The number of ether oxygens (including phenoxy) is 1. The number of benzene rings is 1. The zero-order chi connectivity index (χ0) is 15.1. The number of hydrogen-bond acceptors (Lipinski definition) is 3. The molecule has 0 fully saturated rings. The summed E-state index contributed by atoms with van der Waals surface area (Å²) in [6, 6.07) is 5.45. The predicted molar refractivity (Wildman–Crippen MR) is 82.5 cm³/mol. The Hall–Kier alpha value is -1.64. The van der Waals surface area contributed by atoms with E-state index in [0.717, 1.165) is 18.4 Å². The summed E-state index contributed by atoms with van der Waals surface area (Å²) in [5.41, 5.74) is 1.95. The van der Waals surface area contributed by atoms with E-state index in [1.54, 1.807) is 6.07 Å². The summed E-state index contributed by atoms with van der Waals surface area (Å²) in [6.07, 6.45) is 11.3. The van der Waals surface area contributed by atoms with Crippen molar-refractivity contribution in [3.63, 3.8) is 0 Å². The van der Waals surface area contributed by atoms with Crippen LogP contribution in [-0.2, 0) is 11.2 Å². The number of hydrogen-bond donors (Lipinski definition) is 0. The van der Waals surface area contributed by atoms with Gasteiger partial charge in [-0.2, -0.15) is 0 Å². The van der Waals surface area contributed by atoms with Crippen LogP contribution in [0, 0.1) is 0 Å². The van der Waals surface area contributed by atoms with Crippen LogP contribution in [0.4, 0.5) is 0 Å². The Bertz CT molecular complexity index is 505. The van der Waals surface area contributed by atoms with Crippen molar-refractivity contribution in [1.82, 2.24) is 0 Å². The van der Waals surface area contributed by atoms with Crippen LogP contribution in [0.25, 0.3) is 0 Å². The molecule has 0 saturated heterocycles. The van der Waals surface area contributed by atoms with Crippen molar-refractivity contribution in [2.75, 3.05) is 0 Å². The molecule has 21 heavy (non-hydrogen) atoms. The van der Waals surface area contributed by atoms with Crippen LogP contribution < -0.4 is 0 Å². The largest absolute Gasteiger partial charge is 0.386 e. The van der Waals surface area contributed by atoms with Crippen molar-refractivity contribution in [2.45, 2.75) is 64.7 Å². The lowest BCUT2D eigenvalue weighted by molar-refractivity contribution is 0.0444. The molecule has 3 heteroatoms. The third kappa shape index (κ3) is 4.42. The van der Waals surface area contributed by atoms with Crippen LogP contribution in [0.15, 0.2) is 18.2 Å². The van der Waals surface area contributed by atoms with Gasteiger partial charge in [-0.1, -0.05) is 57.9 Å². The normalized spacial score (nSPS) is 13.4. The zero-order valence-corrected chi connectivity index (χ0v) is 12.8. The molecule has 114 valence electrons. The Labute approximate surface area is 126 Å². The molecule has 0 saturated carbocycles. The maximum Gasteiger partial charge on any atom is 0.346 e. The first-order valence-electron chi connectivity index (χ1n) is 8.12. The van der Waals surface area contributed by atoms with Crippen LogP contribution in [-0.4, -0.2) is 11.9 Å². The SMILES string of the molecule is CCCCCCCCCCc1ccc2c(c1)C(=O)OC2=O. The van der Waals surface area contributed by atoms with Crippen molar-refractivity contribution in [1.29, 1.82) is 0 Å². The van der Waals surface area contributed by atoms with Crippen molar-refractivity contribution < 1.29 is 14.3 Å². The third-order valence-corrected chi connectivity index (χ3v) is 4.03. The van der Waals surface area contributed by atoms with Gasteiger partial charge < -0.3 is 4.74 Å². The molecule has 1 heterocycles. The molecule has 0 aliphatic carbocycles. The fourth-order valence-corrected chi connectivity index (χ4v) is 2.75. The summed E-state index contributed by atoms with van der Waals surface area (Å²) in [4.78, 5) is 22.8. The maximum absolute atomic E-state index is 11.5. The Morgan fingerprint density at radius 3 is 2.14 bits per heavy atom. The Balaban J connectivity index is 1.69. The number of unbranched alkanes of at least 4 members (excludes halogenated alkanes) is 7. The van der Waals surface area contributed by atoms with Crippen molar-refractivity contribution in [3.05, 3.63) is 34.9 Å². The number of fused-ring (bicyclic) bond motifs is 1. The number of cyclic esters (lactones) is 2. The lowest BCUT2D eigenvalue weighted by Gasteiger charge is -2.03. The van der Waals surface area contributed by atoms with Crippen molar-refractivity contribution in [3.8, 4) is 0 Å². The van der Waals surface area contributed by atoms with Crippen LogP contribution >= 0.6 is 0 Å². The highest BCUT2D eigenvalue weighted by atomic mass is 16.6. The van der Waals surface area contributed by atoms with E-state index in [1.165, 1.54) is 44.9 Å². The lowest BCUT2D eigenvalue weighted by Crippen LogP contribution is -1.97. The topological polar surface area (TPSA) is 43.4 Å². The van der Waals surface area contributed by atoms with E-state index in [2.05, 4.69) is 11.7 Å². The highest BCUT2D eigenvalue weighted by Crippen LogP contribution is 2.22. The quantitative estimate of drug-likeness (QED) is 0.376. The Morgan fingerprint density at radius 2 is 1.43 bits per heavy atom. The minimum atomic E-state index is -0.520. The summed E-state index contributed by atoms with van der Waals surface area (Å²) < 4.78 is 4.60. The zero-order valence-electron chi connectivity index (χ0n) is 12.8. The molecule has 1 aliphatic heterocycles. The minimum absolute atomic E-state index is 0.402. The van der Waals surface area contributed by atoms with E-state index in [1.807, 2.05) is 12.1 Å². The molecule has 0 aromatic heterocycles. The number of carbonyl (C=O) groups is 2. The second-order valence-corrected chi connectivity index (χ2v) is 5.78. The highest BCUT2D eigenvalue weighted by Gasteiger charge is 2.29. The molecule has 0 amide bonds. The molecule has 0 atom stereocenters. The fourth-order valence-electron chi connectivity index (χ4n) is 2.75. The number of aryl methyl sites for hydroxylation is 1. The van der Waals surface area contributed by atoms with Crippen LogP contribution in [0.2, 0.25) is 0 Å². The van der Waals surface area contributed by atoms with Gasteiger partial charge in [0.25, 0.3) is 0 Å². The van der Waals surface area contributed by atoms with Gasteiger partial charge in [0, 0.05) is 0 Å². The molecule has 1 aromatic rings. The van der Waals surface area contributed by atoms with E-state index in [-0.39, 0.29) is 0 Å². The summed E-state index contributed by atoms with van der Waals surface area (Å²) in [5, 5.41) is 0.